The molecule has 2 bridgehead atoms. The minimum Gasteiger partial charge on any atom is -0.385 e. The number of fused-ring (bicyclic) bond motifs is 3. The van der Waals surface area contributed by atoms with Crippen LogP contribution >= 0.6 is 0 Å². The molecule has 1 unspecified atom stereocenters. The Bertz CT molecular complexity index is 177. The van der Waals surface area contributed by atoms with E-state index < -0.39 is 0 Å². The topological polar surface area (TPSA) is 32.7 Å². The van der Waals surface area contributed by atoms with Crippen molar-refractivity contribution in [3.05, 3.63) is 0 Å². The molecular formula is C10H21N2O2+. The van der Waals surface area contributed by atoms with Crippen LogP contribution in [0.4, 0.5) is 0 Å². The van der Waals surface area contributed by atoms with Crippen molar-refractivity contribution in [2.45, 2.75) is 6.10 Å². The Morgan fingerprint density at radius 1 is 1.29 bits per heavy atom. The predicted molar refractivity (Wildman–Crippen MR) is 54.1 cm³/mol. The lowest BCUT2D eigenvalue weighted by Gasteiger charge is -2.51. The van der Waals surface area contributed by atoms with Gasteiger partial charge >= 0.3 is 0 Å². The molecule has 1 atom stereocenters. The molecule has 0 aromatic carbocycles. The number of aliphatic hydroxyl groups is 1. The molecule has 4 heteroatoms. The molecule has 82 valence electrons. The molecule has 3 aliphatic heterocycles. The number of aliphatic hydroxyl groups excluding tert-OH is 1. The van der Waals surface area contributed by atoms with Crippen LogP contribution in [0.5, 0.6) is 0 Å². The average molecular weight is 201 g/mol. The van der Waals surface area contributed by atoms with Crippen LogP contribution in [0.3, 0.4) is 0 Å². The summed E-state index contributed by atoms with van der Waals surface area (Å²) in [5, 5.41) is 9.76. The number of nitrogens with zero attached hydrogens (tertiary/aromatic N) is 2. The van der Waals surface area contributed by atoms with Gasteiger partial charge in [-0.15, -0.1) is 0 Å². The van der Waals surface area contributed by atoms with Crippen molar-refractivity contribution in [1.29, 1.82) is 0 Å². The lowest BCUT2D eigenvalue weighted by atomic mass is 10.1. The highest BCUT2D eigenvalue weighted by Gasteiger charge is 2.39. The second-order valence-corrected chi connectivity index (χ2v) is 4.65. The van der Waals surface area contributed by atoms with Gasteiger partial charge in [-0.2, -0.15) is 0 Å². The van der Waals surface area contributed by atoms with E-state index in [0.717, 1.165) is 11.0 Å². The van der Waals surface area contributed by atoms with Gasteiger partial charge in [0.1, 0.15) is 12.6 Å². The summed E-state index contributed by atoms with van der Waals surface area (Å²) in [6.45, 7) is 8.60. The highest BCUT2D eigenvalue weighted by Crippen LogP contribution is 2.19. The molecule has 1 N–H and O–H groups in total. The number of hydrogen-bond acceptors (Lipinski definition) is 3. The van der Waals surface area contributed by atoms with Gasteiger partial charge in [-0.3, -0.25) is 4.90 Å². The van der Waals surface area contributed by atoms with Gasteiger partial charge in [0.15, 0.2) is 0 Å². The van der Waals surface area contributed by atoms with Crippen LogP contribution in [0.25, 0.3) is 0 Å². The van der Waals surface area contributed by atoms with E-state index in [1.807, 2.05) is 0 Å². The predicted octanol–water partition coefficient (Wildman–Crippen LogP) is -0.860. The Balaban J connectivity index is 1.88. The molecule has 0 radical (unpaired) electrons. The highest BCUT2D eigenvalue weighted by atomic mass is 16.5. The van der Waals surface area contributed by atoms with Crippen molar-refractivity contribution in [3.63, 3.8) is 0 Å². The van der Waals surface area contributed by atoms with E-state index in [4.69, 9.17) is 4.74 Å². The summed E-state index contributed by atoms with van der Waals surface area (Å²) in [5.41, 5.74) is 0. The van der Waals surface area contributed by atoms with Crippen LogP contribution in [-0.4, -0.2) is 80.1 Å². The third-order valence-electron chi connectivity index (χ3n) is 3.63. The maximum Gasteiger partial charge on any atom is 0.126 e. The number of ether oxygens (including phenoxy) is 1. The Morgan fingerprint density at radius 2 is 1.86 bits per heavy atom. The average Bonchev–Trinajstić information content (AvgIpc) is 2.20. The Kier molecular flexibility index (Phi) is 3.07. The molecule has 0 aromatic heterocycles. The fourth-order valence-corrected chi connectivity index (χ4v) is 2.70. The van der Waals surface area contributed by atoms with Crippen molar-refractivity contribution in [2.24, 2.45) is 0 Å². The summed E-state index contributed by atoms with van der Waals surface area (Å²) in [4.78, 5) is 2.52. The SMILES string of the molecule is COCC(O)C[N+]12CCN(CC1)CC2. The van der Waals surface area contributed by atoms with Crippen molar-refractivity contribution in [3.8, 4) is 0 Å². The molecule has 0 amide bonds. The first-order valence-corrected chi connectivity index (χ1v) is 5.49. The number of rotatable bonds is 4. The summed E-state index contributed by atoms with van der Waals surface area (Å²) < 4.78 is 6.09. The Hall–Kier alpha value is -0.160. The summed E-state index contributed by atoms with van der Waals surface area (Å²) in [6.07, 6.45) is -0.287. The van der Waals surface area contributed by atoms with Gasteiger partial charge in [0, 0.05) is 26.7 Å². The zero-order valence-electron chi connectivity index (χ0n) is 8.98. The van der Waals surface area contributed by atoms with Crippen LogP contribution in [0.1, 0.15) is 0 Å². The second kappa shape index (κ2) is 4.14. The van der Waals surface area contributed by atoms with Crippen molar-refractivity contribution in [1.82, 2.24) is 4.90 Å². The van der Waals surface area contributed by atoms with E-state index in [1.165, 1.54) is 39.3 Å². The van der Waals surface area contributed by atoms with Crippen LogP contribution in [0.15, 0.2) is 0 Å². The normalized spacial score (nSPS) is 38.6. The van der Waals surface area contributed by atoms with Crippen molar-refractivity contribution >= 4 is 0 Å². The van der Waals surface area contributed by atoms with E-state index in [-0.39, 0.29) is 6.10 Å². The first kappa shape index (κ1) is 10.4. The number of quaternary nitrogens is 1. The largest absolute Gasteiger partial charge is 0.385 e. The molecule has 0 aromatic rings. The molecule has 3 heterocycles. The first-order valence-electron chi connectivity index (χ1n) is 5.49. The van der Waals surface area contributed by atoms with E-state index in [0.29, 0.717) is 6.61 Å². The van der Waals surface area contributed by atoms with Gasteiger partial charge in [0.25, 0.3) is 0 Å². The lowest BCUT2D eigenvalue weighted by Crippen LogP contribution is -2.69. The van der Waals surface area contributed by atoms with Gasteiger partial charge in [0.05, 0.1) is 26.2 Å². The second-order valence-electron chi connectivity index (χ2n) is 4.65. The van der Waals surface area contributed by atoms with E-state index in [2.05, 4.69) is 4.90 Å². The maximum atomic E-state index is 9.76. The van der Waals surface area contributed by atoms with Gasteiger partial charge in [-0.1, -0.05) is 0 Å². The third kappa shape index (κ3) is 2.08. The van der Waals surface area contributed by atoms with Gasteiger partial charge in [0.2, 0.25) is 0 Å². The zero-order valence-corrected chi connectivity index (χ0v) is 8.98. The quantitative estimate of drug-likeness (QED) is 0.601. The number of methoxy groups -OCH3 is 1. The number of hydrogen-bond donors (Lipinski definition) is 1. The van der Waals surface area contributed by atoms with Crippen molar-refractivity contribution < 1.29 is 14.3 Å². The fraction of sp³-hybridized carbons (Fsp3) is 1.00. The molecule has 3 rings (SSSR count). The molecule has 3 aliphatic rings. The van der Waals surface area contributed by atoms with Crippen LogP contribution in [0, 0.1) is 0 Å². The molecule has 4 nitrogen and oxygen atoms in total. The minimum atomic E-state index is -0.287. The zero-order chi connectivity index (χ0) is 10.0. The third-order valence-corrected chi connectivity index (χ3v) is 3.63. The van der Waals surface area contributed by atoms with E-state index in [1.54, 1.807) is 7.11 Å². The Morgan fingerprint density at radius 3 is 2.36 bits per heavy atom. The summed E-state index contributed by atoms with van der Waals surface area (Å²) in [6, 6.07) is 0. The van der Waals surface area contributed by atoms with E-state index in [9.17, 15) is 5.11 Å². The summed E-state index contributed by atoms with van der Waals surface area (Å²) in [7, 11) is 1.65. The fourth-order valence-electron chi connectivity index (χ4n) is 2.70. The molecule has 3 fully saturated rings. The van der Waals surface area contributed by atoms with Crippen molar-refractivity contribution in [2.75, 3.05) is 59.5 Å². The smallest absolute Gasteiger partial charge is 0.126 e. The molecule has 0 saturated carbocycles. The molecule has 0 spiro atoms. The molecular weight excluding hydrogens is 180 g/mol. The van der Waals surface area contributed by atoms with Crippen LogP contribution in [-0.2, 0) is 4.74 Å². The highest BCUT2D eigenvalue weighted by molar-refractivity contribution is 4.72. The van der Waals surface area contributed by atoms with E-state index >= 15 is 0 Å². The van der Waals surface area contributed by atoms with Gasteiger partial charge < -0.3 is 14.3 Å². The minimum absolute atomic E-state index is 0.287. The molecule has 14 heavy (non-hydrogen) atoms. The summed E-state index contributed by atoms with van der Waals surface area (Å²) >= 11 is 0. The monoisotopic (exact) mass is 201 g/mol. The first-order chi connectivity index (χ1) is 6.74. The molecule has 3 saturated heterocycles. The van der Waals surface area contributed by atoms with Crippen LogP contribution < -0.4 is 0 Å². The van der Waals surface area contributed by atoms with Gasteiger partial charge in [-0.05, 0) is 0 Å². The number of piperazine rings is 3. The lowest BCUT2D eigenvalue weighted by molar-refractivity contribution is -0.943. The molecule has 0 aliphatic carbocycles. The van der Waals surface area contributed by atoms with Crippen LogP contribution in [0.2, 0.25) is 0 Å². The Labute approximate surface area is 85.6 Å². The maximum absolute atomic E-state index is 9.76. The standard InChI is InChI=1S/C10H21N2O2/c1-14-9-10(13)8-12-5-2-11(3-6-12)4-7-12/h10,13H,2-9H2,1H3/q+1. The van der Waals surface area contributed by atoms with Gasteiger partial charge in [-0.25, -0.2) is 0 Å². The summed E-state index contributed by atoms with van der Waals surface area (Å²) in [5.74, 6) is 0.